The molecule has 1 atom stereocenters. The van der Waals surface area contributed by atoms with E-state index in [0.29, 0.717) is 5.25 Å². The minimum Gasteiger partial charge on any atom is -0.338 e. The normalized spacial score (nSPS) is 20.5. The summed E-state index contributed by atoms with van der Waals surface area (Å²) in [6, 6.07) is 17.3. The van der Waals surface area contributed by atoms with Crippen LogP contribution in [0.4, 0.5) is 5.69 Å². The first-order valence-corrected chi connectivity index (χ1v) is 12.0. The van der Waals surface area contributed by atoms with Crippen molar-refractivity contribution in [2.75, 3.05) is 17.7 Å². The molecule has 2 nitrogen and oxygen atoms in total. The van der Waals surface area contributed by atoms with Crippen molar-refractivity contribution in [3.05, 3.63) is 82.4 Å². The highest BCUT2D eigenvalue weighted by molar-refractivity contribution is 8.03. The maximum Gasteiger partial charge on any atom is 0.262 e. The average Bonchev–Trinajstić information content (AvgIpc) is 3.42. The minimum absolute atomic E-state index is 0.412. The smallest absolute Gasteiger partial charge is 0.262 e. The summed E-state index contributed by atoms with van der Waals surface area (Å²) in [6.45, 7) is 0. The predicted molar refractivity (Wildman–Crippen MR) is 125 cm³/mol. The first-order chi connectivity index (χ1) is 13.7. The fourth-order valence-corrected chi connectivity index (χ4v) is 6.79. The molecule has 2 aliphatic heterocycles. The van der Waals surface area contributed by atoms with Crippen LogP contribution in [0, 0.1) is 0 Å². The summed E-state index contributed by atoms with van der Waals surface area (Å²) in [5, 5.41) is 2.99. The molecule has 0 saturated carbocycles. The quantitative estimate of drug-likeness (QED) is 0.386. The first kappa shape index (κ1) is 18.1. The average molecular weight is 422 g/mol. The van der Waals surface area contributed by atoms with E-state index in [1.54, 1.807) is 0 Å². The van der Waals surface area contributed by atoms with Crippen LogP contribution in [0.3, 0.4) is 0 Å². The van der Waals surface area contributed by atoms with Crippen LogP contribution in [0.1, 0.15) is 5.01 Å². The number of aryl methyl sites for hydroxylation is 1. The highest BCUT2D eigenvalue weighted by atomic mass is 32.2. The second-order valence-electron chi connectivity index (χ2n) is 6.90. The van der Waals surface area contributed by atoms with Crippen LogP contribution in [0.25, 0.3) is 16.3 Å². The Labute approximate surface area is 178 Å². The number of benzene rings is 2. The number of para-hydroxylation sites is 2. The van der Waals surface area contributed by atoms with Gasteiger partial charge in [-0.3, -0.25) is 0 Å². The number of thioether (sulfide) groups is 2. The Morgan fingerprint density at radius 3 is 2.75 bits per heavy atom. The van der Waals surface area contributed by atoms with Crippen LogP contribution >= 0.6 is 34.9 Å². The van der Waals surface area contributed by atoms with Crippen molar-refractivity contribution in [1.29, 1.82) is 0 Å². The Morgan fingerprint density at radius 1 is 1.14 bits per heavy atom. The third-order valence-corrected chi connectivity index (χ3v) is 8.64. The molecule has 0 aliphatic carbocycles. The summed E-state index contributed by atoms with van der Waals surface area (Å²) in [6.07, 6.45) is 9.38. The summed E-state index contributed by atoms with van der Waals surface area (Å²) in [5.41, 5.74) is 3.95. The van der Waals surface area contributed by atoms with Crippen molar-refractivity contribution < 1.29 is 4.57 Å². The van der Waals surface area contributed by atoms with Crippen LogP contribution in [0.15, 0.2) is 82.3 Å². The van der Waals surface area contributed by atoms with Crippen molar-refractivity contribution in [2.45, 2.75) is 10.1 Å². The van der Waals surface area contributed by atoms with Gasteiger partial charge in [-0.25, -0.2) is 0 Å². The SMILES string of the molecule is CN1/C(=C/C(=C/c2sc3ccccc3[n+]2C)C2C=CCS2)Sc2ccccc21. The first-order valence-electron chi connectivity index (χ1n) is 9.30. The van der Waals surface area contributed by atoms with Gasteiger partial charge in [0.2, 0.25) is 5.52 Å². The molecule has 140 valence electrons. The molecule has 0 radical (unpaired) electrons. The molecule has 2 aliphatic rings. The number of rotatable bonds is 3. The van der Waals surface area contributed by atoms with E-state index < -0.39 is 0 Å². The van der Waals surface area contributed by atoms with Gasteiger partial charge in [-0.05, 0) is 29.8 Å². The molecule has 1 unspecified atom stereocenters. The molecule has 5 rings (SSSR count). The van der Waals surface area contributed by atoms with Crippen molar-refractivity contribution in [1.82, 2.24) is 0 Å². The molecular weight excluding hydrogens is 400 g/mol. The lowest BCUT2D eigenvalue weighted by Crippen LogP contribution is -2.29. The standard InChI is InChI=1S/C23H21N2S3/c1-24-17-8-3-5-10-20(17)27-22(24)14-16(19-12-7-13-26-19)15-23-25(2)18-9-4-6-11-21(18)28-23/h3-12,14-15,19H,13H2,1-2H3/q+1. The molecular formula is C23H21N2S3+. The van der Waals surface area contributed by atoms with Gasteiger partial charge >= 0.3 is 0 Å². The van der Waals surface area contributed by atoms with Crippen molar-refractivity contribution >= 4 is 56.8 Å². The van der Waals surface area contributed by atoms with Gasteiger partial charge < -0.3 is 4.90 Å². The Morgan fingerprint density at radius 2 is 1.96 bits per heavy atom. The highest BCUT2D eigenvalue weighted by Gasteiger charge is 2.24. The lowest BCUT2D eigenvalue weighted by molar-refractivity contribution is -0.642. The third-order valence-electron chi connectivity index (χ3n) is 5.14. The Kier molecular flexibility index (Phi) is 4.83. The number of hydrogen-bond acceptors (Lipinski definition) is 4. The monoisotopic (exact) mass is 421 g/mol. The number of aromatic nitrogens is 1. The third kappa shape index (κ3) is 3.21. The molecule has 0 saturated heterocycles. The van der Waals surface area contributed by atoms with Crippen LogP contribution in [0.2, 0.25) is 0 Å². The number of hydrogen-bond donors (Lipinski definition) is 0. The van der Waals surface area contributed by atoms with Crippen molar-refractivity contribution in [3.8, 4) is 0 Å². The Bertz CT molecular complexity index is 1140. The Balaban J connectivity index is 1.58. The van der Waals surface area contributed by atoms with Gasteiger partial charge in [-0.15, -0.1) is 11.8 Å². The topological polar surface area (TPSA) is 7.12 Å². The van der Waals surface area contributed by atoms with Gasteiger partial charge in [0, 0.05) is 35.1 Å². The van der Waals surface area contributed by atoms with E-state index in [-0.39, 0.29) is 0 Å². The predicted octanol–water partition coefficient (Wildman–Crippen LogP) is 5.86. The van der Waals surface area contributed by atoms with Crippen LogP contribution in [0.5, 0.6) is 0 Å². The van der Waals surface area contributed by atoms with Gasteiger partial charge in [-0.1, -0.05) is 59.5 Å². The molecule has 3 aromatic rings. The zero-order valence-corrected chi connectivity index (χ0v) is 18.3. The van der Waals surface area contributed by atoms with Gasteiger partial charge in [0.05, 0.1) is 10.7 Å². The zero-order valence-electron chi connectivity index (χ0n) is 15.8. The molecule has 28 heavy (non-hydrogen) atoms. The number of fused-ring (bicyclic) bond motifs is 2. The van der Waals surface area contributed by atoms with E-state index in [1.807, 2.05) is 34.9 Å². The van der Waals surface area contributed by atoms with Crippen molar-refractivity contribution in [2.24, 2.45) is 7.05 Å². The fraction of sp³-hybridized carbons (Fsp3) is 0.174. The van der Waals surface area contributed by atoms with E-state index >= 15 is 0 Å². The second kappa shape index (κ2) is 7.47. The molecule has 5 heteroatoms. The minimum atomic E-state index is 0.412. The molecule has 3 heterocycles. The lowest BCUT2D eigenvalue weighted by atomic mass is 10.1. The van der Waals surface area contributed by atoms with Gasteiger partial charge in [-0.2, -0.15) is 4.57 Å². The lowest BCUT2D eigenvalue weighted by Gasteiger charge is -2.15. The van der Waals surface area contributed by atoms with Crippen LogP contribution < -0.4 is 9.47 Å². The molecule has 0 fully saturated rings. The maximum atomic E-state index is 2.38. The summed E-state index contributed by atoms with van der Waals surface area (Å²) >= 11 is 5.72. The molecule has 0 bridgehead atoms. The van der Waals surface area contributed by atoms with E-state index in [1.165, 1.54) is 36.4 Å². The van der Waals surface area contributed by atoms with E-state index in [9.17, 15) is 0 Å². The number of nitrogens with zero attached hydrogens (tertiary/aromatic N) is 2. The number of thiazole rings is 1. The van der Waals surface area contributed by atoms with Gasteiger partial charge in [0.15, 0.2) is 0 Å². The highest BCUT2D eigenvalue weighted by Crippen LogP contribution is 2.46. The maximum absolute atomic E-state index is 2.38. The molecule has 0 N–H and O–H groups in total. The van der Waals surface area contributed by atoms with Crippen LogP contribution in [-0.2, 0) is 7.05 Å². The number of anilines is 1. The summed E-state index contributed by atoms with van der Waals surface area (Å²) in [7, 11) is 4.33. The van der Waals surface area contributed by atoms with Gasteiger partial charge in [0.1, 0.15) is 11.7 Å². The largest absolute Gasteiger partial charge is 0.338 e. The zero-order chi connectivity index (χ0) is 19.1. The van der Waals surface area contributed by atoms with E-state index in [2.05, 4.69) is 96.4 Å². The summed E-state index contributed by atoms with van der Waals surface area (Å²) in [5.74, 6) is 1.09. The molecule has 0 amide bonds. The summed E-state index contributed by atoms with van der Waals surface area (Å²) < 4.78 is 3.64. The molecule has 0 spiro atoms. The fourth-order valence-electron chi connectivity index (χ4n) is 3.59. The Hall–Kier alpha value is -1.95. The van der Waals surface area contributed by atoms with E-state index in [4.69, 9.17) is 0 Å². The van der Waals surface area contributed by atoms with Crippen molar-refractivity contribution in [3.63, 3.8) is 0 Å². The van der Waals surface area contributed by atoms with Gasteiger partial charge in [0.25, 0.3) is 5.01 Å². The molecule has 2 aromatic carbocycles. The second-order valence-corrected chi connectivity index (χ2v) is 10.2. The van der Waals surface area contributed by atoms with E-state index in [0.717, 1.165) is 5.75 Å². The summed E-state index contributed by atoms with van der Waals surface area (Å²) in [4.78, 5) is 3.64. The van der Waals surface area contributed by atoms with Crippen LogP contribution in [-0.4, -0.2) is 18.1 Å². The molecule has 1 aromatic heterocycles. The number of allylic oxidation sites excluding steroid dienone is 1.